The zero-order valence-corrected chi connectivity index (χ0v) is 13.8. The average Bonchev–Trinajstić information content (AvgIpc) is 2.54. The summed E-state index contributed by atoms with van der Waals surface area (Å²) in [5.41, 5.74) is 1.67. The van der Waals surface area contributed by atoms with Crippen molar-refractivity contribution in [2.24, 2.45) is 0 Å². The molecule has 2 N–H and O–H groups in total. The lowest BCUT2D eigenvalue weighted by Gasteiger charge is -2.10. The monoisotopic (exact) mass is 334 g/mol. The Morgan fingerprint density at radius 2 is 1.87 bits per heavy atom. The number of benzene rings is 2. The van der Waals surface area contributed by atoms with Crippen LogP contribution in [0, 0.1) is 0 Å². The summed E-state index contributed by atoms with van der Waals surface area (Å²) >= 11 is 5.88. The van der Waals surface area contributed by atoms with E-state index in [0.717, 1.165) is 5.56 Å². The Bertz CT molecular complexity index is 677. The maximum Gasteiger partial charge on any atom is 0.238 e. The quantitative estimate of drug-likeness (QED) is 0.817. The molecule has 23 heavy (non-hydrogen) atoms. The van der Waals surface area contributed by atoms with Crippen molar-refractivity contribution < 1.29 is 14.3 Å². The van der Waals surface area contributed by atoms with Gasteiger partial charge in [-0.1, -0.05) is 23.7 Å². The first-order chi connectivity index (χ1) is 11.1. The zero-order valence-electron chi connectivity index (χ0n) is 13.1. The van der Waals surface area contributed by atoms with E-state index in [2.05, 4.69) is 10.6 Å². The highest BCUT2D eigenvalue weighted by Crippen LogP contribution is 2.27. The molecule has 0 fully saturated rings. The van der Waals surface area contributed by atoms with Crippen molar-refractivity contribution in [2.45, 2.75) is 6.54 Å². The van der Waals surface area contributed by atoms with Gasteiger partial charge in [-0.15, -0.1) is 0 Å². The van der Waals surface area contributed by atoms with E-state index >= 15 is 0 Å². The van der Waals surface area contributed by atoms with Crippen LogP contribution in [0.3, 0.4) is 0 Å². The molecule has 1 amide bonds. The van der Waals surface area contributed by atoms with Crippen molar-refractivity contribution in [3.63, 3.8) is 0 Å². The van der Waals surface area contributed by atoms with Crippen LogP contribution >= 0.6 is 11.6 Å². The van der Waals surface area contributed by atoms with E-state index in [1.807, 2.05) is 18.2 Å². The van der Waals surface area contributed by atoms with Crippen LogP contribution in [0.2, 0.25) is 5.02 Å². The molecule has 122 valence electrons. The molecule has 0 radical (unpaired) electrons. The third-order valence-electron chi connectivity index (χ3n) is 3.17. The van der Waals surface area contributed by atoms with Crippen molar-refractivity contribution in [1.82, 2.24) is 5.32 Å². The number of anilines is 1. The van der Waals surface area contributed by atoms with Gasteiger partial charge in [0.25, 0.3) is 0 Å². The van der Waals surface area contributed by atoms with Crippen LogP contribution in [0.25, 0.3) is 0 Å². The molecule has 0 aliphatic rings. The Labute approximate surface area is 140 Å². The fourth-order valence-corrected chi connectivity index (χ4v) is 2.27. The van der Waals surface area contributed by atoms with Gasteiger partial charge in [0.05, 0.1) is 20.8 Å². The van der Waals surface area contributed by atoms with Crippen LogP contribution in [0.4, 0.5) is 5.69 Å². The van der Waals surface area contributed by atoms with Gasteiger partial charge in [-0.25, -0.2) is 0 Å². The number of carbonyl (C=O) groups excluding carboxylic acids is 1. The SMILES string of the molecule is COc1ccc(CNCC(=O)Nc2cccc(Cl)c2)cc1OC. The fraction of sp³-hybridized carbons (Fsp3) is 0.235. The normalized spacial score (nSPS) is 10.2. The maximum absolute atomic E-state index is 11.9. The van der Waals surface area contributed by atoms with Gasteiger partial charge in [-0.3, -0.25) is 4.79 Å². The summed E-state index contributed by atoms with van der Waals surface area (Å²) in [6.45, 7) is 0.740. The molecular formula is C17H19ClN2O3. The smallest absolute Gasteiger partial charge is 0.238 e. The van der Waals surface area contributed by atoms with E-state index in [4.69, 9.17) is 21.1 Å². The molecule has 2 aromatic carbocycles. The molecule has 0 atom stereocenters. The Morgan fingerprint density at radius 3 is 2.57 bits per heavy atom. The standard InChI is InChI=1S/C17H19ClN2O3/c1-22-15-7-6-12(8-16(15)23-2)10-19-11-17(21)20-14-5-3-4-13(18)9-14/h3-9,19H,10-11H2,1-2H3,(H,20,21). The second-order valence-corrected chi connectivity index (χ2v) is 5.29. The Kier molecular flexibility index (Phi) is 6.26. The van der Waals surface area contributed by atoms with Gasteiger partial charge in [-0.2, -0.15) is 0 Å². The Morgan fingerprint density at radius 1 is 1.09 bits per heavy atom. The second kappa shape index (κ2) is 8.41. The number of hydrogen-bond acceptors (Lipinski definition) is 4. The van der Waals surface area contributed by atoms with Crippen molar-refractivity contribution in [3.8, 4) is 11.5 Å². The third-order valence-corrected chi connectivity index (χ3v) is 3.41. The molecule has 2 rings (SSSR count). The maximum atomic E-state index is 11.9. The molecule has 5 nitrogen and oxygen atoms in total. The van der Waals surface area contributed by atoms with E-state index < -0.39 is 0 Å². The fourth-order valence-electron chi connectivity index (χ4n) is 2.08. The van der Waals surface area contributed by atoms with Crippen molar-refractivity contribution >= 4 is 23.2 Å². The van der Waals surface area contributed by atoms with Gasteiger partial charge in [-0.05, 0) is 35.9 Å². The molecule has 0 aromatic heterocycles. The summed E-state index contributed by atoms with van der Waals surface area (Å²) in [6, 6.07) is 12.7. The summed E-state index contributed by atoms with van der Waals surface area (Å²) in [7, 11) is 3.18. The number of carbonyl (C=O) groups is 1. The van der Waals surface area contributed by atoms with Crippen molar-refractivity contribution in [3.05, 3.63) is 53.1 Å². The van der Waals surface area contributed by atoms with Crippen LogP contribution in [0.5, 0.6) is 11.5 Å². The van der Waals surface area contributed by atoms with E-state index in [0.29, 0.717) is 28.8 Å². The molecule has 0 saturated carbocycles. The van der Waals surface area contributed by atoms with Crippen molar-refractivity contribution in [2.75, 3.05) is 26.1 Å². The topological polar surface area (TPSA) is 59.6 Å². The van der Waals surface area contributed by atoms with Crippen molar-refractivity contribution in [1.29, 1.82) is 0 Å². The number of ether oxygens (including phenoxy) is 2. The summed E-state index contributed by atoms with van der Waals surface area (Å²) in [6.07, 6.45) is 0. The van der Waals surface area contributed by atoms with E-state index in [9.17, 15) is 4.79 Å². The molecule has 0 unspecified atom stereocenters. The molecule has 6 heteroatoms. The number of amides is 1. The number of rotatable bonds is 7. The molecule has 0 heterocycles. The first kappa shape index (κ1) is 17.1. The minimum absolute atomic E-state index is 0.132. The predicted octanol–water partition coefficient (Wildman–Crippen LogP) is 3.09. The highest BCUT2D eigenvalue weighted by Gasteiger charge is 2.06. The van der Waals surface area contributed by atoms with Gasteiger partial charge in [0.1, 0.15) is 0 Å². The summed E-state index contributed by atoms with van der Waals surface area (Å²) in [5, 5.41) is 6.45. The number of halogens is 1. The predicted molar refractivity (Wildman–Crippen MR) is 91.3 cm³/mol. The van der Waals surface area contributed by atoms with E-state index in [-0.39, 0.29) is 12.5 Å². The Hall–Kier alpha value is -2.24. The highest BCUT2D eigenvalue weighted by molar-refractivity contribution is 6.30. The zero-order chi connectivity index (χ0) is 16.7. The third kappa shape index (κ3) is 5.16. The van der Waals surface area contributed by atoms with Gasteiger partial charge in [0.15, 0.2) is 11.5 Å². The van der Waals surface area contributed by atoms with Crippen LogP contribution in [0.15, 0.2) is 42.5 Å². The van der Waals surface area contributed by atoms with Crippen LogP contribution in [-0.2, 0) is 11.3 Å². The lowest BCUT2D eigenvalue weighted by Crippen LogP contribution is -2.27. The second-order valence-electron chi connectivity index (χ2n) is 4.85. The lowest BCUT2D eigenvalue weighted by atomic mass is 10.2. The Balaban J connectivity index is 1.83. The van der Waals surface area contributed by atoms with Crippen LogP contribution in [-0.4, -0.2) is 26.7 Å². The minimum Gasteiger partial charge on any atom is -0.493 e. The molecule has 0 aliphatic heterocycles. The molecule has 0 bridgehead atoms. The molecular weight excluding hydrogens is 316 g/mol. The van der Waals surface area contributed by atoms with Crippen LogP contribution < -0.4 is 20.1 Å². The number of hydrogen-bond donors (Lipinski definition) is 2. The average molecular weight is 335 g/mol. The molecule has 0 aliphatic carbocycles. The van der Waals surface area contributed by atoms with Gasteiger partial charge in [0, 0.05) is 17.3 Å². The number of methoxy groups -OCH3 is 2. The molecule has 2 aromatic rings. The molecule has 0 spiro atoms. The lowest BCUT2D eigenvalue weighted by molar-refractivity contribution is -0.115. The first-order valence-corrected chi connectivity index (χ1v) is 7.47. The van der Waals surface area contributed by atoms with E-state index in [1.54, 1.807) is 38.5 Å². The highest BCUT2D eigenvalue weighted by atomic mass is 35.5. The van der Waals surface area contributed by atoms with Crippen LogP contribution in [0.1, 0.15) is 5.56 Å². The number of nitrogens with one attached hydrogen (secondary N) is 2. The summed E-state index contributed by atoms with van der Waals surface area (Å²) < 4.78 is 10.4. The van der Waals surface area contributed by atoms with Gasteiger partial charge >= 0.3 is 0 Å². The first-order valence-electron chi connectivity index (χ1n) is 7.09. The summed E-state index contributed by atoms with van der Waals surface area (Å²) in [5.74, 6) is 1.21. The van der Waals surface area contributed by atoms with Gasteiger partial charge in [0.2, 0.25) is 5.91 Å². The molecule has 0 saturated heterocycles. The van der Waals surface area contributed by atoms with Gasteiger partial charge < -0.3 is 20.1 Å². The van der Waals surface area contributed by atoms with E-state index in [1.165, 1.54) is 0 Å². The minimum atomic E-state index is -0.132. The largest absolute Gasteiger partial charge is 0.493 e. The summed E-state index contributed by atoms with van der Waals surface area (Å²) in [4.78, 5) is 11.9.